The van der Waals surface area contributed by atoms with Gasteiger partial charge in [0.2, 0.25) is 0 Å². The van der Waals surface area contributed by atoms with E-state index in [1.54, 1.807) is 0 Å². The lowest BCUT2D eigenvalue weighted by molar-refractivity contribution is 0.208. The third-order valence-electron chi connectivity index (χ3n) is 6.84. The highest BCUT2D eigenvalue weighted by atomic mass is 16.3. The summed E-state index contributed by atoms with van der Waals surface area (Å²) in [5.74, 6) is 0.131. The quantitative estimate of drug-likeness (QED) is 0.454. The third kappa shape index (κ3) is 2.38. The van der Waals surface area contributed by atoms with E-state index >= 15 is 0 Å². The fraction of sp³-hybridized carbons (Fsp3) is 0.143. The van der Waals surface area contributed by atoms with Crippen LogP contribution in [0.25, 0.3) is 0 Å². The van der Waals surface area contributed by atoms with E-state index in [9.17, 15) is 10.2 Å². The SMILES string of the molecule is OC1c2ccccc2C(C2c3ccccc3C(O)c3ccccc32)c2ccccc21. The first kappa shape index (κ1) is 17.6. The van der Waals surface area contributed by atoms with Crippen LogP contribution >= 0.6 is 0 Å². The molecule has 2 aliphatic carbocycles. The molecule has 0 radical (unpaired) electrons. The van der Waals surface area contributed by atoms with Gasteiger partial charge >= 0.3 is 0 Å². The second kappa shape index (κ2) is 6.66. The highest BCUT2D eigenvalue weighted by Crippen LogP contribution is 2.54. The van der Waals surface area contributed by atoms with Gasteiger partial charge in [0.15, 0.2) is 0 Å². The van der Waals surface area contributed by atoms with E-state index in [2.05, 4.69) is 48.5 Å². The van der Waals surface area contributed by atoms with Crippen molar-refractivity contribution in [3.8, 4) is 0 Å². The monoisotopic (exact) mass is 390 g/mol. The Morgan fingerprint density at radius 3 is 0.767 bits per heavy atom. The lowest BCUT2D eigenvalue weighted by atomic mass is 9.63. The molecule has 30 heavy (non-hydrogen) atoms. The Morgan fingerprint density at radius 2 is 0.533 bits per heavy atom. The van der Waals surface area contributed by atoms with Gasteiger partial charge in [-0.1, -0.05) is 97.1 Å². The van der Waals surface area contributed by atoms with E-state index in [1.165, 1.54) is 0 Å². The number of hydrogen-bond donors (Lipinski definition) is 2. The van der Waals surface area contributed by atoms with E-state index in [0.717, 1.165) is 44.5 Å². The molecule has 2 nitrogen and oxygen atoms in total. The molecule has 0 spiro atoms. The molecule has 0 fully saturated rings. The number of hydrogen-bond acceptors (Lipinski definition) is 2. The van der Waals surface area contributed by atoms with Crippen LogP contribution in [0.3, 0.4) is 0 Å². The molecule has 146 valence electrons. The van der Waals surface area contributed by atoms with E-state index < -0.39 is 12.2 Å². The first-order valence-electron chi connectivity index (χ1n) is 10.5. The van der Waals surface area contributed by atoms with E-state index in [-0.39, 0.29) is 11.8 Å². The molecular formula is C28H22O2. The molecule has 6 rings (SSSR count). The number of fused-ring (bicyclic) bond motifs is 4. The van der Waals surface area contributed by atoms with Crippen LogP contribution in [0.2, 0.25) is 0 Å². The van der Waals surface area contributed by atoms with Gasteiger partial charge in [0.05, 0.1) is 0 Å². The lowest BCUT2D eigenvalue weighted by Crippen LogP contribution is -2.27. The van der Waals surface area contributed by atoms with Gasteiger partial charge in [-0.2, -0.15) is 0 Å². The maximum Gasteiger partial charge on any atom is 0.105 e. The summed E-state index contributed by atoms with van der Waals surface area (Å²) >= 11 is 0. The standard InChI is InChI=1S/C28H22O2/c29-27-21-13-5-1-9-17(21)25(18-10-2-6-14-22(18)27)26-19-11-3-7-15-23(19)28(30)24-16-8-4-12-20(24)26/h1-16,25-30H. The summed E-state index contributed by atoms with van der Waals surface area (Å²) in [6.07, 6.45) is -1.23. The average Bonchev–Trinajstić information content (AvgIpc) is 2.81. The molecule has 0 amide bonds. The lowest BCUT2D eigenvalue weighted by Gasteiger charge is -2.41. The molecule has 0 aromatic heterocycles. The van der Waals surface area contributed by atoms with Gasteiger partial charge in [-0.3, -0.25) is 0 Å². The molecule has 2 heteroatoms. The number of aliphatic hydroxyl groups is 2. The van der Waals surface area contributed by atoms with E-state index in [1.807, 2.05) is 48.5 Å². The minimum Gasteiger partial charge on any atom is -0.384 e. The van der Waals surface area contributed by atoms with Crippen molar-refractivity contribution < 1.29 is 10.2 Å². The van der Waals surface area contributed by atoms with Gasteiger partial charge in [0.1, 0.15) is 12.2 Å². The van der Waals surface area contributed by atoms with Crippen LogP contribution in [0.4, 0.5) is 0 Å². The summed E-state index contributed by atoms with van der Waals surface area (Å²) in [6.45, 7) is 0. The van der Waals surface area contributed by atoms with Gasteiger partial charge in [0.25, 0.3) is 0 Å². The van der Waals surface area contributed by atoms with Crippen LogP contribution in [-0.2, 0) is 0 Å². The fourth-order valence-electron chi connectivity index (χ4n) is 5.56. The van der Waals surface area contributed by atoms with Gasteiger partial charge in [-0.25, -0.2) is 0 Å². The summed E-state index contributed by atoms with van der Waals surface area (Å²) < 4.78 is 0. The van der Waals surface area contributed by atoms with Crippen molar-refractivity contribution in [2.75, 3.05) is 0 Å². The van der Waals surface area contributed by atoms with E-state index in [4.69, 9.17) is 0 Å². The molecule has 2 aliphatic rings. The van der Waals surface area contributed by atoms with Crippen LogP contribution in [-0.4, -0.2) is 10.2 Å². The maximum absolute atomic E-state index is 11.1. The minimum atomic E-state index is -0.617. The summed E-state index contributed by atoms with van der Waals surface area (Å²) in [5.41, 5.74) is 8.54. The van der Waals surface area contributed by atoms with Gasteiger partial charge in [-0.15, -0.1) is 0 Å². The summed E-state index contributed by atoms with van der Waals surface area (Å²) in [4.78, 5) is 0. The molecule has 4 aromatic carbocycles. The van der Waals surface area contributed by atoms with Crippen LogP contribution in [0.1, 0.15) is 68.6 Å². The zero-order valence-corrected chi connectivity index (χ0v) is 16.4. The smallest absolute Gasteiger partial charge is 0.105 e. The minimum absolute atomic E-state index is 0.0654. The molecule has 0 aliphatic heterocycles. The van der Waals surface area contributed by atoms with E-state index in [0.29, 0.717) is 0 Å². The average molecular weight is 390 g/mol. The van der Waals surface area contributed by atoms with Crippen molar-refractivity contribution in [3.05, 3.63) is 142 Å². The predicted molar refractivity (Wildman–Crippen MR) is 118 cm³/mol. The largest absolute Gasteiger partial charge is 0.384 e. The van der Waals surface area contributed by atoms with Crippen molar-refractivity contribution in [1.29, 1.82) is 0 Å². The van der Waals surface area contributed by atoms with Crippen LogP contribution < -0.4 is 0 Å². The zero-order chi connectivity index (χ0) is 20.2. The molecular weight excluding hydrogens is 368 g/mol. The van der Waals surface area contributed by atoms with Gasteiger partial charge in [-0.05, 0) is 44.5 Å². The predicted octanol–water partition coefficient (Wildman–Crippen LogP) is 5.44. The highest BCUT2D eigenvalue weighted by molar-refractivity contribution is 5.60. The molecule has 0 heterocycles. The van der Waals surface area contributed by atoms with Crippen LogP contribution in [0.5, 0.6) is 0 Å². The summed E-state index contributed by atoms with van der Waals surface area (Å²) in [6, 6.07) is 33.0. The molecule has 0 unspecified atom stereocenters. The first-order chi connectivity index (χ1) is 14.8. The molecule has 4 aromatic rings. The maximum atomic E-state index is 11.1. The molecule has 0 bridgehead atoms. The van der Waals surface area contributed by atoms with Crippen molar-refractivity contribution in [2.45, 2.75) is 24.0 Å². The summed E-state index contributed by atoms with van der Waals surface area (Å²) in [5, 5.41) is 22.2. The molecule has 2 N–H and O–H groups in total. The third-order valence-corrected chi connectivity index (χ3v) is 6.84. The number of aliphatic hydroxyl groups excluding tert-OH is 2. The molecule has 0 atom stereocenters. The highest BCUT2D eigenvalue weighted by Gasteiger charge is 2.41. The first-order valence-corrected chi connectivity index (χ1v) is 10.5. The molecule has 0 saturated carbocycles. The van der Waals surface area contributed by atoms with Crippen molar-refractivity contribution in [1.82, 2.24) is 0 Å². The van der Waals surface area contributed by atoms with Crippen molar-refractivity contribution >= 4 is 0 Å². The normalized spacial score (nSPS) is 23.7. The number of rotatable bonds is 1. The van der Waals surface area contributed by atoms with Gasteiger partial charge < -0.3 is 10.2 Å². The Bertz CT molecular complexity index is 1060. The fourth-order valence-corrected chi connectivity index (χ4v) is 5.56. The van der Waals surface area contributed by atoms with Crippen molar-refractivity contribution in [2.24, 2.45) is 0 Å². The van der Waals surface area contributed by atoms with Crippen LogP contribution in [0.15, 0.2) is 97.1 Å². The Labute approximate surface area is 176 Å². The van der Waals surface area contributed by atoms with Crippen LogP contribution in [0, 0.1) is 0 Å². The summed E-state index contributed by atoms with van der Waals surface area (Å²) in [7, 11) is 0. The van der Waals surface area contributed by atoms with Gasteiger partial charge in [0, 0.05) is 11.8 Å². The number of benzene rings is 4. The second-order valence-electron chi connectivity index (χ2n) is 8.28. The Balaban J connectivity index is 1.68. The van der Waals surface area contributed by atoms with Crippen molar-refractivity contribution in [3.63, 3.8) is 0 Å². The Morgan fingerprint density at radius 1 is 0.333 bits per heavy atom. The Hall–Kier alpha value is -3.20. The zero-order valence-electron chi connectivity index (χ0n) is 16.4. The topological polar surface area (TPSA) is 40.5 Å². The second-order valence-corrected chi connectivity index (χ2v) is 8.28. The Kier molecular flexibility index (Phi) is 3.92. The molecule has 0 saturated heterocycles.